The normalized spacial score (nSPS) is 11.5. The fourth-order valence-corrected chi connectivity index (χ4v) is 0.870. The van der Waals surface area contributed by atoms with Gasteiger partial charge < -0.3 is 10.1 Å². The molecule has 0 saturated heterocycles. The lowest BCUT2D eigenvalue weighted by atomic mass is 10.1. The van der Waals surface area contributed by atoms with E-state index >= 15 is 0 Å². The summed E-state index contributed by atoms with van der Waals surface area (Å²) in [7, 11) is 1.76. The van der Waals surface area contributed by atoms with Crippen molar-refractivity contribution in [2.45, 2.75) is 39.7 Å². The lowest BCUT2D eigenvalue weighted by Crippen LogP contribution is -2.28. The van der Waals surface area contributed by atoms with Crippen LogP contribution in [-0.2, 0) is 4.74 Å². The fourth-order valence-electron chi connectivity index (χ4n) is 0.870. The summed E-state index contributed by atoms with van der Waals surface area (Å²) in [4.78, 5) is 0. The summed E-state index contributed by atoms with van der Waals surface area (Å²) in [5.74, 6) is 0. The second kappa shape index (κ2) is 6.17. The summed E-state index contributed by atoms with van der Waals surface area (Å²) in [6, 6.07) is 0. The van der Waals surface area contributed by atoms with Crippen molar-refractivity contribution >= 4 is 0 Å². The van der Waals surface area contributed by atoms with Gasteiger partial charge in [0.2, 0.25) is 0 Å². The highest BCUT2D eigenvalue weighted by Gasteiger charge is 2.14. The standard InChI is InChI=1S/C11H23NO/c1-10(2)6-8-12-9-7-11(3,4)13-5/h6,12H,7-9H2,1-5H3. The molecule has 0 aromatic heterocycles. The van der Waals surface area contributed by atoms with Crippen molar-refractivity contribution < 1.29 is 4.74 Å². The Kier molecular flexibility index (Phi) is 6.00. The van der Waals surface area contributed by atoms with Crippen molar-refractivity contribution in [3.05, 3.63) is 11.6 Å². The van der Waals surface area contributed by atoms with E-state index in [1.165, 1.54) is 5.57 Å². The fraction of sp³-hybridized carbons (Fsp3) is 0.818. The van der Waals surface area contributed by atoms with Crippen molar-refractivity contribution in [1.29, 1.82) is 0 Å². The first-order chi connectivity index (χ1) is 5.98. The Hall–Kier alpha value is -0.340. The predicted octanol–water partition coefficient (Wildman–Crippen LogP) is 2.36. The van der Waals surface area contributed by atoms with Crippen LogP contribution in [0.4, 0.5) is 0 Å². The van der Waals surface area contributed by atoms with Crippen LogP contribution in [0, 0.1) is 0 Å². The van der Waals surface area contributed by atoms with Crippen LogP contribution < -0.4 is 5.32 Å². The van der Waals surface area contributed by atoms with Gasteiger partial charge in [0.15, 0.2) is 0 Å². The zero-order chi connectivity index (χ0) is 10.3. The molecule has 0 spiro atoms. The summed E-state index contributed by atoms with van der Waals surface area (Å²) in [6.45, 7) is 10.4. The van der Waals surface area contributed by atoms with Gasteiger partial charge in [-0.1, -0.05) is 11.6 Å². The van der Waals surface area contributed by atoms with Crippen LogP contribution in [0.1, 0.15) is 34.1 Å². The quantitative estimate of drug-likeness (QED) is 0.506. The molecule has 0 atom stereocenters. The third-order valence-electron chi connectivity index (χ3n) is 2.11. The number of hydrogen-bond donors (Lipinski definition) is 1. The van der Waals surface area contributed by atoms with E-state index in [4.69, 9.17) is 4.74 Å². The molecule has 0 aromatic rings. The van der Waals surface area contributed by atoms with Crippen LogP contribution >= 0.6 is 0 Å². The molecule has 13 heavy (non-hydrogen) atoms. The SMILES string of the molecule is COC(C)(C)CCNCC=C(C)C. The molecule has 1 N–H and O–H groups in total. The monoisotopic (exact) mass is 185 g/mol. The Balaban J connectivity index is 3.41. The molecule has 0 aliphatic heterocycles. The van der Waals surface area contributed by atoms with Gasteiger partial charge in [-0.25, -0.2) is 0 Å². The zero-order valence-corrected chi connectivity index (χ0v) is 9.61. The number of hydrogen-bond acceptors (Lipinski definition) is 2. The molecular formula is C11H23NO. The van der Waals surface area contributed by atoms with Gasteiger partial charge in [0.05, 0.1) is 5.60 Å². The Morgan fingerprint density at radius 1 is 1.38 bits per heavy atom. The minimum Gasteiger partial charge on any atom is -0.379 e. The van der Waals surface area contributed by atoms with Crippen LogP contribution in [0.5, 0.6) is 0 Å². The van der Waals surface area contributed by atoms with E-state index < -0.39 is 0 Å². The lowest BCUT2D eigenvalue weighted by Gasteiger charge is -2.22. The highest BCUT2D eigenvalue weighted by atomic mass is 16.5. The number of nitrogens with one attached hydrogen (secondary N) is 1. The topological polar surface area (TPSA) is 21.3 Å². The smallest absolute Gasteiger partial charge is 0.0634 e. The number of allylic oxidation sites excluding steroid dienone is 1. The molecule has 0 aliphatic rings. The molecule has 0 amide bonds. The van der Waals surface area contributed by atoms with Crippen molar-refractivity contribution in [1.82, 2.24) is 5.32 Å². The Morgan fingerprint density at radius 2 is 2.00 bits per heavy atom. The van der Waals surface area contributed by atoms with Crippen molar-refractivity contribution in [3.8, 4) is 0 Å². The van der Waals surface area contributed by atoms with E-state index in [2.05, 4.69) is 39.1 Å². The van der Waals surface area contributed by atoms with E-state index in [0.717, 1.165) is 19.5 Å². The molecule has 0 aliphatic carbocycles. The van der Waals surface area contributed by atoms with Gasteiger partial charge in [-0.15, -0.1) is 0 Å². The molecule has 0 fully saturated rings. The van der Waals surface area contributed by atoms with E-state index in [9.17, 15) is 0 Å². The first-order valence-corrected chi connectivity index (χ1v) is 4.87. The molecule has 78 valence electrons. The Labute approximate surface area is 82.4 Å². The molecule has 0 bridgehead atoms. The summed E-state index contributed by atoms with van der Waals surface area (Å²) in [5.41, 5.74) is 1.36. The second-order valence-corrected chi connectivity index (χ2v) is 4.20. The van der Waals surface area contributed by atoms with Crippen LogP contribution in [0.25, 0.3) is 0 Å². The van der Waals surface area contributed by atoms with Gasteiger partial charge >= 0.3 is 0 Å². The average Bonchev–Trinajstić information content (AvgIpc) is 2.03. The first kappa shape index (κ1) is 12.7. The van der Waals surface area contributed by atoms with Gasteiger partial charge in [0.25, 0.3) is 0 Å². The molecular weight excluding hydrogens is 162 g/mol. The van der Waals surface area contributed by atoms with Gasteiger partial charge in [-0.05, 0) is 40.7 Å². The highest BCUT2D eigenvalue weighted by Crippen LogP contribution is 2.10. The third-order valence-corrected chi connectivity index (χ3v) is 2.11. The summed E-state index contributed by atoms with van der Waals surface area (Å²) < 4.78 is 5.31. The maximum Gasteiger partial charge on any atom is 0.0634 e. The third kappa shape index (κ3) is 8.00. The average molecular weight is 185 g/mol. The van der Waals surface area contributed by atoms with Gasteiger partial charge in [-0.3, -0.25) is 0 Å². The van der Waals surface area contributed by atoms with Crippen molar-refractivity contribution in [2.75, 3.05) is 20.2 Å². The van der Waals surface area contributed by atoms with Crippen LogP contribution in [-0.4, -0.2) is 25.8 Å². The largest absolute Gasteiger partial charge is 0.379 e. The Bertz CT molecular complexity index is 157. The maximum atomic E-state index is 5.31. The minimum atomic E-state index is -0.00201. The molecule has 2 nitrogen and oxygen atoms in total. The summed E-state index contributed by atoms with van der Waals surface area (Å²) in [5, 5.41) is 3.35. The molecule has 0 aromatic carbocycles. The van der Waals surface area contributed by atoms with E-state index in [-0.39, 0.29) is 5.60 Å². The second-order valence-electron chi connectivity index (χ2n) is 4.20. The molecule has 2 heteroatoms. The van der Waals surface area contributed by atoms with Crippen LogP contribution in [0.15, 0.2) is 11.6 Å². The number of methoxy groups -OCH3 is 1. The molecule has 0 rings (SSSR count). The minimum absolute atomic E-state index is 0.00201. The molecule has 0 saturated carbocycles. The summed E-state index contributed by atoms with van der Waals surface area (Å²) in [6.07, 6.45) is 3.24. The van der Waals surface area contributed by atoms with Crippen LogP contribution in [0.3, 0.4) is 0 Å². The molecule has 0 unspecified atom stereocenters. The van der Waals surface area contributed by atoms with Crippen LogP contribution in [0.2, 0.25) is 0 Å². The summed E-state index contributed by atoms with van der Waals surface area (Å²) >= 11 is 0. The lowest BCUT2D eigenvalue weighted by molar-refractivity contribution is 0.0161. The van der Waals surface area contributed by atoms with Crippen molar-refractivity contribution in [2.24, 2.45) is 0 Å². The van der Waals surface area contributed by atoms with Gasteiger partial charge in [0.1, 0.15) is 0 Å². The highest BCUT2D eigenvalue weighted by molar-refractivity contribution is 4.94. The molecule has 0 heterocycles. The number of ether oxygens (including phenoxy) is 1. The van der Waals surface area contributed by atoms with E-state index in [1.54, 1.807) is 7.11 Å². The van der Waals surface area contributed by atoms with E-state index in [0.29, 0.717) is 0 Å². The Morgan fingerprint density at radius 3 is 2.46 bits per heavy atom. The van der Waals surface area contributed by atoms with Crippen molar-refractivity contribution in [3.63, 3.8) is 0 Å². The zero-order valence-electron chi connectivity index (χ0n) is 9.61. The molecule has 0 radical (unpaired) electrons. The van der Waals surface area contributed by atoms with Gasteiger partial charge in [0, 0.05) is 13.7 Å². The van der Waals surface area contributed by atoms with E-state index in [1.807, 2.05) is 0 Å². The first-order valence-electron chi connectivity index (χ1n) is 4.87. The maximum absolute atomic E-state index is 5.31. The van der Waals surface area contributed by atoms with Gasteiger partial charge in [-0.2, -0.15) is 0 Å². The number of rotatable bonds is 6. The predicted molar refractivity (Wildman–Crippen MR) is 58.0 cm³/mol.